The van der Waals surface area contributed by atoms with E-state index in [1.807, 2.05) is 36.4 Å². The van der Waals surface area contributed by atoms with Gasteiger partial charge in [-0.2, -0.15) is 0 Å². The zero-order chi connectivity index (χ0) is 17.1. The average Bonchev–Trinajstić information content (AvgIpc) is 3.15. The molecule has 1 heterocycles. The van der Waals surface area contributed by atoms with E-state index in [0.29, 0.717) is 5.56 Å². The summed E-state index contributed by atoms with van der Waals surface area (Å²) >= 11 is 0. The molecule has 0 N–H and O–H groups in total. The van der Waals surface area contributed by atoms with E-state index in [2.05, 4.69) is 18.2 Å². The van der Waals surface area contributed by atoms with Crippen LogP contribution in [0.1, 0.15) is 47.2 Å². The average molecular weight is 332 g/mol. The fourth-order valence-electron chi connectivity index (χ4n) is 3.23. The second kappa shape index (κ2) is 6.98. The Hall–Kier alpha value is -2.81. The molecule has 0 spiro atoms. The van der Waals surface area contributed by atoms with Gasteiger partial charge >= 0.3 is 0 Å². The summed E-state index contributed by atoms with van der Waals surface area (Å²) in [7, 11) is 0. The molecule has 3 heteroatoms. The van der Waals surface area contributed by atoms with Crippen molar-refractivity contribution in [2.24, 2.45) is 0 Å². The third kappa shape index (κ3) is 3.50. The van der Waals surface area contributed by atoms with Gasteiger partial charge < -0.3 is 9.47 Å². The van der Waals surface area contributed by atoms with E-state index in [-0.39, 0.29) is 12.6 Å². The number of hydrogen-bond acceptors (Lipinski definition) is 3. The van der Waals surface area contributed by atoms with Gasteiger partial charge in [0.1, 0.15) is 0 Å². The van der Waals surface area contributed by atoms with Crippen LogP contribution in [0.3, 0.4) is 0 Å². The van der Waals surface area contributed by atoms with Crippen molar-refractivity contribution in [2.45, 2.75) is 25.7 Å². The Balaban J connectivity index is 1.46. The lowest BCUT2D eigenvalue weighted by atomic mass is 9.93. The van der Waals surface area contributed by atoms with Gasteiger partial charge in [-0.1, -0.05) is 42.5 Å². The molecular weight excluding hydrogens is 312 g/mol. The number of benzene rings is 2. The highest BCUT2D eigenvalue weighted by molar-refractivity contribution is 6.07. The number of fused-ring (bicyclic) bond motifs is 1. The smallest absolute Gasteiger partial charge is 0.231 e. The predicted molar refractivity (Wildman–Crippen MR) is 98.8 cm³/mol. The van der Waals surface area contributed by atoms with Crippen LogP contribution in [0.4, 0.5) is 0 Å². The SMILES string of the molecule is O=C(/C=C/c1ccc2c(c1)OCO2)c1ccc(C2=CCCCC2)cc1. The van der Waals surface area contributed by atoms with Crippen LogP contribution in [0, 0.1) is 0 Å². The molecule has 1 aliphatic carbocycles. The van der Waals surface area contributed by atoms with Crippen LogP contribution in [-0.4, -0.2) is 12.6 Å². The quantitative estimate of drug-likeness (QED) is 0.565. The van der Waals surface area contributed by atoms with Crippen LogP contribution >= 0.6 is 0 Å². The summed E-state index contributed by atoms with van der Waals surface area (Å²) in [5.41, 5.74) is 4.26. The Bertz CT molecular complexity index is 844. The number of ketones is 1. The molecule has 0 fully saturated rings. The molecule has 0 unspecified atom stereocenters. The molecule has 0 bridgehead atoms. The van der Waals surface area contributed by atoms with Gasteiger partial charge in [-0.25, -0.2) is 0 Å². The lowest BCUT2D eigenvalue weighted by Crippen LogP contribution is -1.96. The molecule has 0 saturated heterocycles. The summed E-state index contributed by atoms with van der Waals surface area (Å²) in [6, 6.07) is 13.6. The molecule has 0 amide bonds. The van der Waals surface area contributed by atoms with E-state index in [0.717, 1.165) is 29.9 Å². The molecule has 2 aromatic carbocycles. The highest BCUT2D eigenvalue weighted by atomic mass is 16.7. The molecule has 3 nitrogen and oxygen atoms in total. The number of carbonyl (C=O) groups is 1. The number of rotatable bonds is 4. The van der Waals surface area contributed by atoms with Gasteiger partial charge in [0.25, 0.3) is 0 Å². The fraction of sp³-hybridized carbons (Fsp3) is 0.227. The lowest BCUT2D eigenvalue weighted by molar-refractivity contribution is 0.104. The summed E-state index contributed by atoms with van der Waals surface area (Å²) in [5, 5.41) is 0. The Labute approximate surface area is 147 Å². The van der Waals surface area contributed by atoms with Crippen molar-refractivity contribution in [1.82, 2.24) is 0 Å². The first kappa shape index (κ1) is 15.7. The Morgan fingerprint density at radius 3 is 2.60 bits per heavy atom. The maximum absolute atomic E-state index is 12.4. The first-order valence-corrected chi connectivity index (χ1v) is 8.71. The van der Waals surface area contributed by atoms with E-state index in [4.69, 9.17) is 9.47 Å². The Morgan fingerprint density at radius 1 is 0.960 bits per heavy atom. The number of ether oxygens (including phenoxy) is 2. The maximum Gasteiger partial charge on any atom is 0.231 e. The molecule has 2 aliphatic rings. The van der Waals surface area contributed by atoms with Crippen molar-refractivity contribution >= 4 is 17.4 Å². The highest BCUT2D eigenvalue weighted by Gasteiger charge is 2.12. The van der Waals surface area contributed by atoms with E-state index in [1.165, 1.54) is 24.0 Å². The van der Waals surface area contributed by atoms with E-state index < -0.39 is 0 Å². The van der Waals surface area contributed by atoms with Crippen LogP contribution in [-0.2, 0) is 0 Å². The fourth-order valence-corrected chi connectivity index (χ4v) is 3.23. The molecule has 25 heavy (non-hydrogen) atoms. The van der Waals surface area contributed by atoms with Crippen molar-refractivity contribution in [3.8, 4) is 11.5 Å². The van der Waals surface area contributed by atoms with E-state index in [9.17, 15) is 4.79 Å². The monoisotopic (exact) mass is 332 g/mol. The van der Waals surface area contributed by atoms with Crippen LogP contribution in [0.25, 0.3) is 11.6 Å². The zero-order valence-electron chi connectivity index (χ0n) is 14.0. The van der Waals surface area contributed by atoms with Crippen molar-refractivity contribution in [2.75, 3.05) is 6.79 Å². The maximum atomic E-state index is 12.4. The van der Waals surface area contributed by atoms with Gasteiger partial charge in [0.2, 0.25) is 6.79 Å². The van der Waals surface area contributed by atoms with Crippen LogP contribution < -0.4 is 9.47 Å². The first-order valence-electron chi connectivity index (χ1n) is 8.71. The summed E-state index contributed by atoms with van der Waals surface area (Å²) in [5.74, 6) is 1.47. The zero-order valence-corrected chi connectivity index (χ0v) is 14.0. The molecule has 0 atom stereocenters. The minimum atomic E-state index is 0.00170. The van der Waals surface area contributed by atoms with Crippen molar-refractivity contribution in [1.29, 1.82) is 0 Å². The molecule has 0 radical (unpaired) electrons. The second-order valence-corrected chi connectivity index (χ2v) is 6.36. The molecule has 1 aliphatic heterocycles. The van der Waals surface area contributed by atoms with Crippen LogP contribution in [0.15, 0.2) is 54.6 Å². The molecule has 126 valence electrons. The number of hydrogen-bond donors (Lipinski definition) is 0. The topological polar surface area (TPSA) is 35.5 Å². The van der Waals surface area contributed by atoms with E-state index >= 15 is 0 Å². The largest absolute Gasteiger partial charge is 0.454 e. The van der Waals surface area contributed by atoms with Gasteiger partial charge in [0, 0.05) is 5.56 Å². The van der Waals surface area contributed by atoms with Gasteiger partial charge in [-0.3, -0.25) is 4.79 Å². The van der Waals surface area contributed by atoms with Crippen molar-refractivity contribution in [3.63, 3.8) is 0 Å². The van der Waals surface area contributed by atoms with Gasteiger partial charge in [0.15, 0.2) is 17.3 Å². The second-order valence-electron chi connectivity index (χ2n) is 6.36. The van der Waals surface area contributed by atoms with Gasteiger partial charge in [-0.05, 0) is 60.6 Å². The number of allylic oxidation sites excluding steroid dienone is 3. The molecular formula is C22H20O3. The third-order valence-electron chi connectivity index (χ3n) is 4.65. The van der Waals surface area contributed by atoms with Crippen molar-refractivity contribution in [3.05, 3.63) is 71.3 Å². The van der Waals surface area contributed by atoms with Gasteiger partial charge in [-0.15, -0.1) is 0 Å². The highest BCUT2D eigenvalue weighted by Crippen LogP contribution is 2.33. The standard InChI is InChI=1S/C22H20O3/c23-20(12-6-16-7-13-21-22(14-16)25-15-24-21)19-10-8-18(9-11-19)17-4-2-1-3-5-17/h4,6-14H,1-3,5,15H2/b12-6+. The summed E-state index contributed by atoms with van der Waals surface area (Å²) in [6.07, 6.45) is 10.6. The molecule has 0 aromatic heterocycles. The van der Waals surface area contributed by atoms with E-state index in [1.54, 1.807) is 6.08 Å². The first-order chi connectivity index (χ1) is 12.3. The third-order valence-corrected chi connectivity index (χ3v) is 4.65. The summed E-state index contributed by atoms with van der Waals surface area (Å²) < 4.78 is 10.6. The van der Waals surface area contributed by atoms with Crippen molar-refractivity contribution < 1.29 is 14.3 Å². The Kier molecular flexibility index (Phi) is 4.38. The molecule has 4 rings (SSSR count). The summed E-state index contributed by atoms with van der Waals surface area (Å²) in [4.78, 5) is 12.4. The van der Waals surface area contributed by atoms with Crippen LogP contribution in [0.2, 0.25) is 0 Å². The molecule has 0 saturated carbocycles. The normalized spacial score (nSPS) is 16.1. The minimum Gasteiger partial charge on any atom is -0.454 e. The minimum absolute atomic E-state index is 0.00170. The molecule has 2 aromatic rings. The predicted octanol–water partition coefficient (Wildman–Crippen LogP) is 5.27. The number of carbonyl (C=O) groups excluding carboxylic acids is 1. The Morgan fingerprint density at radius 2 is 1.80 bits per heavy atom. The lowest BCUT2D eigenvalue weighted by Gasteiger charge is -2.12. The van der Waals surface area contributed by atoms with Crippen LogP contribution in [0.5, 0.6) is 11.5 Å². The summed E-state index contributed by atoms with van der Waals surface area (Å²) in [6.45, 7) is 0.254. The van der Waals surface area contributed by atoms with Gasteiger partial charge in [0.05, 0.1) is 0 Å².